The third kappa shape index (κ3) is 9.39. The molecule has 0 aliphatic heterocycles. The zero-order valence-corrected chi connectivity index (χ0v) is 21.0. The van der Waals surface area contributed by atoms with Crippen LogP contribution in [0.5, 0.6) is 0 Å². The van der Waals surface area contributed by atoms with Gasteiger partial charge in [-0.3, -0.25) is 28.8 Å². The van der Waals surface area contributed by atoms with Crippen molar-refractivity contribution in [3.05, 3.63) is 36.0 Å². The Morgan fingerprint density at radius 3 is 1.90 bits per heavy atom. The van der Waals surface area contributed by atoms with Gasteiger partial charge in [0.05, 0.1) is 18.9 Å². The highest BCUT2D eigenvalue weighted by Crippen LogP contribution is 2.19. The maximum absolute atomic E-state index is 13.1. The summed E-state index contributed by atoms with van der Waals surface area (Å²) in [4.78, 5) is 86.2. The van der Waals surface area contributed by atoms with Gasteiger partial charge >= 0.3 is 23.9 Å². The molecule has 0 aliphatic carbocycles. The van der Waals surface area contributed by atoms with Gasteiger partial charge in [0.2, 0.25) is 17.7 Å². The zero-order valence-electron chi connectivity index (χ0n) is 21.0. The lowest BCUT2D eigenvalue weighted by molar-refractivity contribution is -0.147. The number of hydrogen-bond donors (Lipinski definition) is 9. The van der Waals surface area contributed by atoms with Gasteiger partial charge in [-0.1, -0.05) is 18.2 Å². The van der Waals surface area contributed by atoms with Crippen molar-refractivity contribution in [1.29, 1.82) is 0 Å². The minimum absolute atomic E-state index is 0.229. The third-order valence-electron chi connectivity index (χ3n) is 5.74. The summed E-state index contributed by atoms with van der Waals surface area (Å²) in [7, 11) is 0. The molecule has 0 radical (unpaired) electrons. The van der Waals surface area contributed by atoms with Gasteiger partial charge in [0.1, 0.15) is 18.1 Å². The molecule has 0 saturated heterocycles. The van der Waals surface area contributed by atoms with E-state index in [0.29, 0.717) is 16.5 Å². The van der Waals surface area contributed by atoms with Crippen LogP contribution in [0.25, 0.3) is 10.9 Å². The van der Waals surface area contributed by atoms with Gasteiger partial charge in [-0.25, -0.2) is 4.79 Å². The Morgan fingerprint density at radius 2 is 1.30 bits per heavy atom. The van der Waals surface area contributed by atoms with E-state index in [1.165, 1.54) is 0 Å². The normalized spacial score (nSPS) is 13.8. The highest BCUT2D eigenvalue weighted by molar-refractivity contribution is 5.96. The van der Waals surface area contributed by atoms with Gasteiger partial charge < -0.3 is 47.1 Å². The third-order valence-corrected chi connectivity index (χ3v) is 5.74. The molecule has 2 aromatic rings. The van der Waals surface area contributed by atoms with Crippen molar-refractivity contribution >= 4 is 52.5 Å². The number of benzene rings is 1. The van der Waals surface area contributed by atoms with Gasteiger partial charge in [0.15, 0.2) is 0 Å². The Labute approximate surface area is 225 Å². The number of carbonyl (C=O) groups excluding carboxylic acids is 3. The highest BCUT2D eigenvalue weighted by atomic mass is 16.4. The molecule has 40 heavy (non-hydrogen) atoms. The minimum atomic E-state index is -1.84. The molecule has 0 spiro atoms. The highest BCUT2D eigenvalue weighted by Gasteiger charge is 2.32. The first-order valence-corrected chi connectivity index (χ1v) is 11.9. The number of hydrogen-bond acceptors (Lipinski definition) is 8. The number of nitrogens with two attached hydrogens (primary N) is 1. The number of fused-ring (bicyclic) bond motifs is 1. The summed E-state index contributed by atoms with van der Waals surface area (Å²) in [6.07, 6.45) is -1.33. The van der Waals surface area contributed by atoms with E-state index in [1.54, 1.807) is 30.5 Å². The molecule has 3 amide bonds. The molecule has 0 aliphatic rings. The molecule has 1 aromatic carbocycles. The first kappa shape index (κ1) is 31.2. The summed E-state index contributed by atoms with van der Waals surface area (Å²) in [6.45, 7) is 0. The lowest BCUT2D eigenvalue weighted by Crippen LogP contribution is -2.58. The van der Waals surface area contributed by atoms with E-state index in [4.69, 9.17) is 15.9 Å². The van der Waals surface area contributed by atoms with Crippen LogP contribution in [0.3, 0.4) is 0 Å². The first-order chi connectivity index (χ1) is 18.8. The SMILES string of the molecule is NC(CCC(=O)O)C(=O)NC(CC(=O)O)C(=O)NC(Cc1c[nH]c2ccccc12)C(=O)NC(CC(=O)O)C(=O)O. The van der Waals surface area contributed by atoms with Crippen molar-refractivity contribution in [2.24, 2.45) is 5.73 Å². The topological polar surface area (TPSA) is 278 Å². The Morgan fingerprint density at radius 1 is 0.750 bits per heavy atom. The van der Waals surface area contributed by atoms with Crippen molar-refractivity contribution in [3.8, 4) is 0 Å². The van der Waals surface area contributed by atoms with Crippen LogP contribution in [0.4, 0.5) is 0 Å². The van der Waals surface area contributed by atoms with Crippen molar-refractivity contribution in [3.63, 3.8) is 0 Å². The van der Waals surface area contributed by atoms with Gasteiger partial charge in [-0.15, -0.1) is 0 Å². The van der Waals surface area contributed by atoms with Crippen LogP contribution in [0.2, 0.25) is 0 Å². The van der Waals surface area contributed by atoms with E-state index in [0.717, 1.165) is 0 Å². The average molecular weight is 564 g/mol. The summed E-state index contributed by atoms with van der Waals surface area (Å²) < 4.78 is 0. The molecule has 0 bridgehead atoms. The molecule has 16 heteroatoms. The molecule has 10 N–H and O–H groups in total. The summed E-state index contributed by atoms with van der Waals surface area (Å²) >= 11 is 0. The van der Waals surface area contributed by atoms with Gasteiger partial charge in [0, 0.05) is 29.9 Å². The molecular weight excluding hydrogens is 534 g/mol. The van der Waals surface area contributed by atoms with Gasteiger partial charge in [-0.05, 0) is 18.1 Å². The fourth-order valence-corrected chi connectivity index (χ4v) is 3.72. The lowest BCUT2D eigenvalue weighted by atomic mass is 10.0. The van der Waals surface area contributed by atoms with Crippen LogP contribution in [-0.4, -0.2) is 91.2 Å². The molecule has 1 heterocycles. The molecule has 216 valence electrons. The second kappa shape index (κ2) is 14.2. The number of carboxylic acid groups (broad SMARTS) is 4. The molecule has 0 saturated carbocycles. The van der Waals surface area contributed by atoms with Crippen LogP contribution in [0, 0.1) is 0 Å². The van der Waals surface area contributed by atoms with Crippen LogP contribution >= 0.6 is 0 Å². The number of rotatable bonds is 16. The smallest absolute Gasteiger partial charge is 0.326 e. The fraction of sp³-hybridized carbons (Fsp3) is 0.375. The summed E-state index contributed by atoms with van der Waals surface area (Å²) in [5.74, 6) is -9.08. The number of H-pyrrole nitrogens is 1. The number of nitrogens with one attached hydrogen (secondary N) is 4. The monoisotopic (exact) mass is 563 g/mol. The maximum atomic E-state index is 13.1. The van der Waals surface area contributed by atoms with Crippen LogP contribution < -0.4 is 21.7 Å². The van der Waals surface area contributed by atoms with Gasteiger partial charge in [-0.2, -0.15) is 0 Å². The second-order valence-electron chi connectivity index (χ2n) is 8.82. The second-order valence-corrected chi connectivity index (χ2v) is 8.82. The van der Waals surface area contributed by atoms with Crippen molar-refractivity contribution < 1.29 is 54.0 Å². The average Bonchev–Trinajstić information content (AvgIpc) is 3.28. The summed E-state index contributed by atoms with van der Waals surface area (Å²) in [5, 5.41) is 43.5. The largest absolute Gasteiger partial charge is 0.481 e. The fourth-order valence-electron chi connectivity index (χ4n) is 3.72. The molecule has 0 fully saturated rings. The number of amides is 3. The number of aromatic amines is 1. The van der Waals surface area contributed by atoms with E-state index in [1.807, 2.05) is 0 Å². The first-order valence-electron chi connectivity index (χ1n) is 11.9. The maximum Gasteiger partial charge on any atom is 0.326 e. The van der Waals surface area contributed by atoms with Crippen molar-refractivity contribution in [2.75, 3.05) is 0 Å². The Balaban J connectivity index is 2.31. The molecule has 16 nitrogen and oxygen atoms in total. The number of para-hydroxylation sites is 1. The van der Waals surface area contributed by atoms with E-state index >= 15 is 0 Å². The van der Waals surface area contributed by atoms with E-state index in [-0.39, 0.29) is 12.8 Å². The quantitative estimate of drug-likeness (QED) is 0.112. The van der Waals surface area contributed by atoms with E-state index in [2.05, 4.69) is 20.9 Å². The van der Waals surface area contributed by atoms with Crippen molar-refractivity contribution in [2.45, 2.75) is 56.3 Å². The van der Waals surface area contributed by atoms with Crippen LogP contribution in [-0.2, 0) is 40.0 Å². The number of carbonyl (C=O) groups is 7. The van der Waals surface area contributed by atoms with E-state index in [9.17, 15) is 43.8 Å². The predicted molar refractivity (Wildman–Crippen MR) is 135 cm³/mol. The molecule has 4 unspecified atom stereocenters. The number of aromatic nitrogens is 1. The Hall–Kier alpha value is -4.99. The lowest BCUT2D eigenvalue weighted by Gasteiger charge is -2.24. The Kier molecular flexibility index (Phi) is 11.1. The minimum Gasteiger partial charge on any atom is -0.481 e. The Bertz CT molecular complexity index is 1290. The van der Waals surface area contributed by atoms with Crippen molar-refractivity contribution in [1.82, 2.24) is 20.9 Å². The summed E-state index contributed by atoms with van der Waals surface area (Å²) in [6, 6.07) is 0.433. The summed E-state index contributed by atoms with van der Waals surface area (Å²) in [5.41, 5.74) is 6.83. The van der Waals surface area contributed by atoms with E-state index < -0.39 is 85.0 Å². The van der Waals surface area contributed by atoms with Gasteiger partial charge in [0.25, 0.3) is 0 Å². The molecule has 2 rings (SSSR count). The predicted octanol–water partition coefficient (Wildman–Crippen LogP) is -1.61. The molecule has 4 atom stereocenters. The number of aliphatic carboxylic acids is 4. The molecular formula is C24H29N5O11. The van der Waals surface area contributed by atoms with Crippen LogP contribution in [0.1, 0.15) is 31.2 Å². The zero-order chi connectivity index (χ0) is 30.0. The molecule has 1 aromatic heterocycles. The van der Waals surface area contributed by atoms with Crippen LogP contribution in [0.15, 0.2) is 30.5 Å². The standard InChI is InChI=1S/C24H29N5O11/c25-13(5-6-18(30)31)21(36)27-16(8-19(32)33)23(38)28-15(22(37)29-17(24(39)40)9-20(34)35)7-11-10-26-14-4-2-1-3-12(11)14/h1-4,10,13,15-17,26H,5-9,25H2,(H,27,36)(H,28,38)(H,29,37)(H,30,31)(H,32,33)(H,34,35)(H,39,40). The number of carboxylic acids is 4.